The predicted octanol–water partition coefficient (Wildman–Crippen LogP) is 1.91. The van der Waals surface area contributed by atoms with Gasteiger partial charge in [0.05, 0.1) is 0 Å². The Hall–Kier alpha value is -1.77. The summed E-state index contributed by atoms with van der Waals surface area (Å²) < 4.78 is 1.82. The lowest BCUT2D eigenvalue weighted by Gasteiger charge is -2.24. The first-order valence-corrected chi connectivity index (χ1v) is 5.67. The van der Waals surface area contributed by atoms with E-state index in [1.54, 1.807) is 6.20 Å². The van der Waals surface area contributed by atoms with Crippen molar-refractivity contribution in [3.05, 3.63) is 58.3 Å². The number of aromatic amines is 1. The number of aromatic nitrogens is 2. The summed E-state index contributed by atoms with van der Waals surface area (Å²) in [6.07, 6.45) is 6.64. The molecule has 1 atom stereocenters. The quantitative estimate of drug-likeness (QED) is 0.773. The lowest BCUT2D eigenvalue weighted by molar-refractivity contribution is 0.432. The average Bonchev–Trinajstić information content (AvgIpc) is 2.75. The number of imidazole rings is 1. The highest BCUT2D eigenvalue weighted by atomic mass is 16.1. The van der Waals surface area contributed by atoms with Crippen molar-refractivity contribution >= 4 is 0 Å². The van der Waals surface area contributed by atoms with Crippen LogP contribution in [0.25, 0.3) is 0 Å². The van der Waals surface area contributed by atoms with E-state index in [2.05, 4.69) is 29.2 Å². The summed E-state index contributed by atoms with van der Waals surface area (Å²) in [7, 11) is 0. The van der Waals surface area contributed by atoms with Gasteiger partial charge in [0.1, 0.15) is 0 Å². The van der Waals surface area contributed by atoms with Crippen molar-refractivity contribution < 1.29 is 0 Å². The lowest BCUT2D eigenvalue weighted by atomic mass is 9.88. The van der Waals surface area contributed by atoms with Crippen molar-refractivity contribution in [2.24, 2.45) is 0 Å². The molecule has 0 saturated heterocycles. The first-order valence-electron chi connectivity index (χ1n) is 5.67. The van der Waals surface area contributed by atoms with Gasteiger partial charge < -0.3 is 4.98 Å². The predicted molar refractivity (Wildman–Crippen MR) is 62.6 cm³/mol. The molecule has 1 aliphatic rings. The minimum absolute atomic E-state index is 0.00406. The number of hydrogen-bond acceptors (Lipinski definition) is 1. The molecule has 0 aliphatic heterocycles. The number of benzene rings is 1. The van der Waals surface area contributed by atoms with E-state index in [1.807, 2.05) is 10.8 Å². The Kier molecular flexibility index (Phi) is 2.17. The van der Waals surface area contributed by atoms with Gasteiger partial charge in [0.2, 0.25) is 0 Å². The molecule has 1 heterocycles. The summed E-state index contributed by atoms with van der Waals surface area (Å²) in [6.45, 7) is 0. The van der Waals surface area contributed by atoms with Crippen molar-refractivity contribution in [3.8, 4) is 0 Å². The highest BCUT2D eigenvalue weighted by molar-refractivity contribution is 5.30. The molecule has 3 rings (SSSR count). The van der Waals surface area contributed by atoms with Crippen molar-refractivity contribution in [1.82, 2.24) is 9.55 Å². The van der Waals surface area contributed by atoms with Crippen LogP contribution in [0.5, 0.6) is 0 Å². The van der Waals surface area contributed by atoms with Crippen molar-refractivity contribution in [2.45, 2.75) is 25.3 Å². The largest absolute Gasteiger partial charge is 0.325 e. The van der Waals surface area contributed by atoms with E-state index in [9.17, 15) is 4.79 Å². The van der Waals surface area contributed by atoms with Gasteiger partial charge in [-0.05, 0) is 30.4 Å². The summed E-state index contributed by atoms with van der Waals surface area (Å²) in [5, 5.41) is 0. The Bertz CT molecular complexity index is 553. The molecule has 0 amide bonds. The summed E-state index contributed by atoms with van der Waals surface area (Å²) >= 11 is 0. The van der Waals surface area contributed by atoms with Gasteiger partial charge in [-0.15, -0.1) is 0 Å². The molecule has 1 aromatic carbocycles. The van der Waals surface area contributed by atoms with Gasteiger partial charge in [0.15, 0.2) is 0 Å². The van der Waals surface area contributed by atoms with E-state index in [0.717, 1.165) is 19.3 Å². The number of aryl methyl sites for hydroxylation is 1. The molecule has 0 saturated carbocycles. The zero-order chi connectivity index (χ0) is 11.0. The Balaban J connectivity index is 1.94. The fraction of sp³-hybridized carbons (Fsp3) is 0.308. The Morgan fingerprint density at radius 1 is 1.25 bits per heavy atom. The van der Waals surface area contributed by atoms with Gasteiger partial charge >= 0.3 is 5.69 Å². The van der Waals surface area contributed by atoms with Crippen LogP contribution in [0.4, 0.5) is 0 Å². The highest BCUT2D eigenvalue weighted by Gasteiger charge is 2.20. The molecule has 2 aromatic rings. The smallest absolute Gasteiger partial charge is 0.313 e. The molecule has 82 valence electrons. The molecule has 16 heavy (non-hydrogen) atoms. The second-order valence-electron chi connectivity index (χ2n) is 4.34. The van der Waals surface area contributed by atoms with Gasteiger partial charge in [0.25, 0.3) is 0 Å². The molecule has 3 nitrogen and oxygen atoms in total. The van der Waals surface area contributed by atoms with Crippen LogP contribution in [0.2, 0.25) is 0 Å². The van der Waals surface area contributed by atoms with Gasteiger partial charge in [0, 0.05) is 18.4 Å². The maximum atomic E-state index is 11.5. The van der Waals surface area contributed by atoms with Crippen LogP contribution in [0.3, 0.4) is 0 Å². The summed E-state index contributed by atoms with van der Waals surface area (Å²) in [4.78, 5) is 14.2. The summed E-state index contributed by atoms with van der Waals surface area (Å²) in [5.74, 6) is 0. The van der Waals surface area contributed by atoms with Crippen LogP contribution in [-0.4, -0.2) is 9.55 Å². The molecular weight excluding hydrogens is 200 g/mol. The Morgan fingerprint density at radius 2 is 2.06 bits per heavy atom. The maximum Gasteiger partial charge on any atom is 0.325 e. The highest BCUT2D eigenvalue weighted by Crippen LogP contribution is 2.27. The van der Waals surface area contributed by atoms with Crippen molar-refractivity contribution in [1.29, 1.82) is 0 Å². The Labute approximate surface area is 93.7 Å². The zero-order valence-electron chi connectivity index (χ0n) is 9.02. The van der Waals surface area contributed by atoms with Crippen LogP contribution < -0.4 is 5.69 Å². The monoisotopic (exact) mass is 214 g/mol. The van der Waals surface area contributed by atoms with Gasteiger partial charge in [-0.1, -0.05) is 24.3 Å². The lowest BCUT2D eigenvalue weighted by Crippen LogP contribution is -2.26. The molecule has 3 heteroatoms. The molecule has 0 radical (unpaired) electrons. The topological polar surface area (TPSA) is 37.8 Å². The standard InChI is InChI=1S/C13H14N2O/c16-13-14-7-8-15(13)12-6-5-10-3-1-2-4-11(10)9-12/h1-4,7-8,12H,5-6,9H2,(H,14,16). The number of nitrogens with one attached hydrogen (secondary N) is 1. The average molecular weight is 214 g/mol. The molecule has 1 unspecified atom stereocenters. The number of rotatable bonds is 1. The van der Waals surface area contributed by atoms with Crippen LogP contribution in [-0.2, 0) is 12.8 Å². The SMILES string of the molecule is O=c1[nH]ccn1C1CCc2ccccc2C1. The second kappa shape index (κ2) is 3.67. The maximum absolute atomic E-state index is 11.5. The van der Waals surface area contributed by atoms with Gasteiger partial charge in [-0.3, -0.25) is 4.57 Å². The van der Waals surface area contributed by atoms with Crippen LogP contribution in [0, 0.1) is 0 Å². The third-order valence-electron chi connectivity index (χ3n) is 3.39. The number of fused-ring (bicyclic) bond motifs is 1. The first-order chi connectivity index (χ1) is 7.84. The third kappa shape index (κ3) is 1.48. The fourth-order valence-electron chi connectivity index (χ4n) is 2.53. The van der Waals surface area contributed by atoms with Crippen LogP contribution >= 0.6 is 0 Å². The molecule has 0 fully saturated rings. The zero-order valence-corrected chi connectivity index (χ0v) is 9.02. The van der Waals surface area contributed by atoms with E-state index in [0.29, 0.717) is 6.04 Å². The number of H-pyrrole nitrogens is 1. The second-order valence-corrected chi connectivity index (χ2v) is 4.34. The van der Waals surface area contributed by atoms with E-state index in [4.69, 9.17) is 0 Å². The van der Waals surface area contributed by atoms with E-state index >= 15 is 0 Å². The number of nitrogens with zero attached hydrogens (tertiary/aromatic N) is 1. The normalized spacial score (nSPS) is 19.4. The molecule has 1 N–H and O–H groups in total. The number of hydrogen-bond donors (Lipinski definition) is 1. The molecule has 1 aromatic heterocycles. The van der Waals surface area contributed by atoms with E-state index < -0.39 is 0 Å². The van der Waals surface area contributed by atoms with Crippen LogP contribution in [0.1, 0.15) is 23.6 Å². The summed E-state index contributed by atoms with van der Waals surface area (Å²) in [5.41, 5.74) is 2.82. The van der Waals surface area contributed by atoms with Gasteiger partial charge in [-0.2, -0.15) is 0 Å². The van der Waals surface area contributed by atoms with Gasteiger partial charge in [-0.25, -0.2) is 4.79 Å². The third-order valence-corrected chi connectivity index (χ3v) is 3.39. The van der Waals surface area contributed by atoms with Crippen LogP contribution in [0.15, 0.2) is 41.5 Å². The van der Waals surface area contributed by atoms with E-state index in [1.165, 1.54) is 11.1 Å². The summed E-state index contributed by atoms with van der Waals surface area (Å²) in [6, 6.07) is 8.82. The van der Waals surface area contributed by atoms with Crippen molar-refractivity contribution in [2.75, 3.05) is 0 Å². The minimum atomic E-state index is 0.00406. The minimum Gasteiger partial charge on any atom is -0.313 e. The Morgan fingerprint density at radius 3 is 2.81 bits per heavy atom. The van der Waals surface area contributed by atoms with E-state index in [-0.39, 0.29) is 5.69 Å². The molecule has 1 aliphatic carbocycles. The molecule has 0 spiro atoms. The molecular formula is C13H14N2O. The molecule has 0 bridgehead atoms. The van der Waals surface area contributed by atoms with Crippen molar-refractivity contribution in [3.63, 3.8) is 0 Å². The fourth-order valence-corrected chi connectivity index (χ4v) is 2.53. The first kappa shape index (κ1) is 9.46.